The molecule has 1 amide bonds. The lowest BCUT2D eigenvalue weighted by atomic mass is 9.95. The van der Waals surface area contributed by atoms with Crippen molar-refractivity contribution >= 4 is 89.9 Å². The lowest BCUT2D eigenvalue weighted by Crippen LogP contribution is -2.56. The molecule has 55 heavy (non-hydrogen) atoms. The van der Waals surface area contributed by atoms with Gasteiger partial charge in [0, 0.05) is 66.7 Å². The molecule has 0 atom stereocenters. The number of carboxylic acid groups (broad SMARTS) is 1. The molecule has 0 fully saturated rings. The van der Waals surface area contributed by atoms with Gasteiger partial charge in [-0.05, 0) is 72.5 Å². The van der Waals surface area contributed by atoms with Crippen LogP contribution in [0.3, 0.4) is 0 Å². The molecule has 6 aromatic rings. The average Bonchev–Trinajstić information content (AvgIpc) is 3.94. The Morgan fingerprint density at radius 1 is 0.691 bits per heavy atom. The third-order valence-electron chi connectivity index (χ3n) is 9.48. The van der Waals surface area contributed by atoms with Crippen LogP contribution in [0, 0.1) is 0 Å². The molecule has 2 aliphatic carbocycles. The van der Waals surface area contributed by atoms with Gasteiger partial charge >= 0.3 is 17.9 Å². The van der Waals surface area contributed by atoms with Crippen LogP contribution < -0.4 is 11.1 Å². The molecule has 0 saturated carbocycles. The van der Waals surface area contributed by atoms with Crippen LogP contribution in [0.4, 0.5) is 0 Å². The summed E-state index contributed by atoms with van der Waals surface area (Å²) in [6, 6.07) is 26.6. The first-order valence-corrected chi connectivity index (χ1v) is 20.0. The minimum atomic E-state index is -1.08. The molecule has 0 saturated heterocycles. The van der Waals surface area contributed by atoms with E-state index in [-0.39, 0.29) is 18.5 Å². The number of nitrogens with two attached hydrogens (primary N) is 1. The van der Waals surface area contributed by atoms with Crippen LogP contribution in [-0.4, -0.2) is 53.2 Å². The van der Waals surface area contributed by atoms with E-state index in [0.29, 0.717) is 58.8 Å². The van der Waals surface area contributed by atoms with Crippen molar-refractivity contribution in [3.8, 4) is 0 Å². The minimum Gasteiger partial charge on any atom is -0.478 e. The topological polar surface area (TPSA) is 145 Å². The van der Waals surface area contributed by atoms with Gasteiger partial charge in [0.2, 0.25) is 0 Å². The second-order valence-corrected chi connectivity index (χ2v) is 16.0. The maximum Gasteiger partial charge on any atom is 0.337 e. The molecule has 9 nitrogen and oxygen atoms in total. The summed E-state index contributed by atoms with van der Waals surface area (Å²) in [4.78, 5) is 48.3. The zero-order valence-corrected chi connectivity index (χ0v) is 33.2. The van der Waals surface area contributed by atoms with Gasteiger partial charge < -0.3 is 25.6 Å². The van der Waals surface area contributed by atoms with Gasteiger partial charge in [-0.3, -0.25) is 9.59 Å². The molecule has 8 rings (SSSR count). The molecule has 0 unspecified atom stereocenters. The largest absolute Gasteiger partial charge is 0.478 e. The number of benzene rings is 4. The van der Waals surface area contributed by atoms with E-state index >= 15 is 0 Å². The number of nitrogens with one attached hydrogen (secondary N) is 1. The van der Waals surface area contributed by atoms with Crippen LogP contribution in [0.1, 0.15) is 56.8 Å². The number of esters is 2. The highest BCUT2D eigenvalue weighted by Gasteiger charge is 2.47. The number of carboxylic acids is 1. The van der Waals surface area contributed by atoms with Crippen molar-refractivity contribution in [1.82, 2.24) is 5.32 Å². The zero-order valence-electron chi connectivity index (χ0n) is 30.0. The van der Waals surface area contributed by atoms with E-state index < -0.39 is 23.0 Å². The van der Waals surface area contributed by atoms with Crippen LogP contribution in [0.5, 0.6) is 0 Å². The Hall–Kier alpha value is -4.78. The second kappa shape index (κ2) is 16.9. The van der Waals surface area contributed by atoms with Crippen molar-refractivity contribution in [2.24, 2.45) is 5.73 Å². The maximum atomic E-state index is 13.1. The van der Waals surface area contributed by atoms with E-state index in [1.165, 1.54) is 22.7 Å². The van der Waals surface area contributed by atoms with E-state index in [2.05, 4.69) is 5.32 Å². The molecule has 0 spiro atoms. The molecule has 2 heterocycles. The molecule has 0 bridgehead atoms. The quantitative estimate of drug-likeness (QED) is 0.136. The summed E-state index contributed by atoms with van der Waals surface area (Å²) in [7, 11) is 0. The van der Waals surface area contributed by atoms with E-state index in [1.807, 2.05) is 60.7 Å². The lowest BCUT2D eigenvalue weighted by molar-refractivity contribution is -0.150. The molecule has 4 aromatic carbocycles. The monoisotopic (exact) mass is 816 g/mol. The maximum absolute atomic E-state index is 13.1. The van der Waals surface area contributed by atoms with Gasteiger partial charge in [-0.15, -0.1) is 22.7 Å². The number of thiophene rings is 2. The summed E-state index contributed by atoms with van der Waals surface area (Å²) in [6.45, 7) is 4.21. The van der Waals surface area contributed by atoms with E-state index in [1.54, 1.807) is 48.9 Å². The van der Waals surface area contributed by atoms with Crippen molar-refractivity contribution in [3.05, 3.63) is 139 Å². The third kappa shape index (κ3) is 8.71. The molecular formula is C42H38Cl2N2O7S2. The van der Waals surface area contributed by atoms with Crippen molar-refractivity contribution in [2.75, 3.05) is 13.2 Å². The first kappa shape index (κ1) is 39.9. The summed E-state index contributed by atoms with van der Waals surface area (Å²) in [5.74, 6) is -1.88. The van der Waals surface area contributed by atoms with Crippen molar-refractivity contribution < 1.29 is 33.8 Å². The smallest absolute Gasteiger partial charge is 0.337 e. The van der Waals surface area contributed by atoms with Crippen LogP contribution in [0.15, 0.2) is 95.7 Å². The Morgan fingerprint density at radius 3 is 1.60 bits per heavy atom. The van der Waals surface area contributed by atoms with Gasteiger partial charge in [0.1, 0.15) is 11.1 Å². The van der Waals surface area contributed by atoms with Crippen molar-refractivity contribution in [1.29, 1.82) is 0 Å². The predicted octanol–water partition coefficient (Wildman–Crippen LogP) is 8.68. The fraction of sp³-hybridized carbons (Fsp3) is 0.238. The van der Waals surface area contributed by atoms with Gasteiger partial charge in [0.05, 0.1) is 24.3 Å². The van der Waals surface area contributed by atoms with Gasteiger partial charge in [-0.2, -0.15) is 0 Å². The number of carbonyl (C=O) groups excluding carboxylic acids is 3. The molecule has 2 aliphatic rings. The molecule has 2 aromatic heterocycles. The first-order valence-electron chi connectivity index (χ1n) is 17.5. The number of hydrogen-bond donors (Lipinski definition) is 3. The Morgan fingerprint density at radius 2 is 1.13 bits per heavy atom. The molecular weight excluding hydrogens is 780 g/mol. The lowest BCUT2D eigenvalue weighted by Gasteiger charge is -2.27. The van der Waals surface area contributed by atoms with Gasteiger partial charge in [-0.25, -0.2) is 9.59 Å². The summed E-state index contributed by atoms with van der Waals surface area (Å²) in [5, 5.41) is 17.9. The first-order chi connectivity index (χ1) is 26.4. The summed E-state index contributed by atoms with van der Waals surface area (Å²) >= 11 is 14.8. The van der Waals surface area contributed by atoms with Gasteiger partial charge in [-0.1, -0.05) is 71.7 Å². The fourth-order valence-electron chi connectivity index (χ4n) is 6.86. The van der Waals surface area contributed by atoms with Crippen LogP contribution in [0.2, 0.25) is 10.0 Å². The van der Waals surface area contributed by atoms with Crippen LogP contribution in [-0.2, 0) is 44.7 Å². The zero-order chi connectivity index (χ0) is 39.3. The molecule has 284 valence electrons. The minimum absolute atomic E-state index is 0.268. The molecule has 4 N–H and O–H groups in total. The number of carbonyl (C=O) groups is 4. The van der Waals surface area contributed by atoms with E-state index in [4.69, 9.17) is 43.5 Å². The SMILES string of the molecule is CCOC(=O)C1(N)Cc2ccccc2C1.CCOC(=O)C1(NC(=O)c2csc3ccc(Cl)cc23)Cc2ccccc2C1.O=C(O)c1csc2ccc(Cl)cc12. The Balaban J connectivity index is 0.000000155. The fourth-order valence-corrected chi connectivity index (χ4v) is 9.04. The van der Waals surface area contributed by atoms with Crippen molar-refractivity contribution in [3.63, 3.8) is 0 Å². The Kier molecular flexibility index (Phi) is 12.3. The molecule has 0 aliphatic heterocycles. The average molecular weight is 818 g/mol. The van der Waals surface area contributed by atoms with E-state index in [9.17, 15) is 19.2 Å². The highest BCUT2D eigenvalue weighted by Crippen LogP contribution is 2.34. The number of aromatic carboxylic acids is 1. The normalized spacial score (nSPS) is 14.4. The number of amides is 1. The van der Waals surface area contributed by atoms with Crippen LogP contribution >= 0.6 is 45.9 Å². The molecule has 0 radical (unpaired) electrons. The van der Waals surface area contributed by atoms with E-state index in [0.717, 1.165) is 37.0 Å². The number of rotatable bonds is 7. The predicted molar refractivity (Wildman–Crippen MR) is 219 cm³/mol. The van der Waals surface area contributed by atoms with Gasteiger partial charge in [0.25, 0.3) is 5.91 Å². The van der Waals surface area contributed by atoms with Gasteiger partial charge in [0.15, 0.2) is 0 Å². The van der Waals surface area contributed by atoms with Crippen molar-refractivity contribution in [2.45, 2.75) is 50.6 Å². The number of halogens is 2. The third-order valence-corrected chi connectivity index (χ3v) is 11.9. The Labute approximate surface area is 336 Å². The summed E-state index contributed by atoms with van der Waals surface area (Å²) < 4.78 is 12.2. The second-order valence-electron chi connectivity index (χ2n) is 13.3. The number of ether oxygens (including phenoxy) is 2. The molecule has 13 heteroatoms. The number of hydrogen-bond acceptors (Lipinski definition) is 9. The van der Waals surface area contributed by atoms with Crippen LogP contribution in [0.25, 0.3) is 20.2 Å². The highest BCUT2D eigenvalue weighted by molar-refractivity contribution is 7.18. The summed E-state index contributed by atoms with van der Waals surface area (Å²) in [6.07, 6.45) is 2.02. The standard InChI is InChI=1S/C21H18ClNO3S.C12H15NO2.C9H5ClO2S/c1-2-26-20(25)21(10-13-5-3-4-6-14(13)11-21)23-19(24)17-12-27-18-8-7-15(22)9-16(17)18;1-2-15-11(14)12(13)7-9-5-3-4-6-10(9)8-12;10-5-1-2-8-6(3-5)7(4-13-8)9(11)12/h3-9,12H,2,10-11H2,1H3,(H,23,24);3-6H,2,7-8,13H2,1H3;1-4H,(H,11,12). The summed E-state index contributed by atoms with van der Waals surface area (Å²) in [5.41, 5.74) is 9.42. The Bertz CT molecular complexity index is 2360. The number of fused-ring (bicyclic) bond motifs is 4. The highest BCUT2D eigenvalue weighted by atomic mass is 35.5.